The molecule has 5 heteroatoms. The average Bonchev–Trinajstić information content (AvgIpc) is 3.14. The number of anilines is 1. The summed E-state index contributed by atoms with van der Waals surface area (Å²) in [7, 11) is 0. The van der Waals surface area contributed by atoms with Gasteiger partial charge in [-0.2, -0.15) is 0 Å². The first-order chi connectivity index (χ1) is 14.2. The molecule has 0 fully saturated rings. The number of nitrogens with one attached hydrogen (secondary N) is 1. The standard InChI is InChI=1S/C24H17ClN2OS/c25-17-11-12-19-21(14-17)29-24(26-19)27-23(16-7-2-1-3-8-16)22-18-9-5-4-6-15(18)10-13-20(22)28/h1-14,23,28H,(H,26,27). The Morgan fingerprint density at radius 3 is 2.55 bits per heavy atom. The van der Waals surface area contributed by atoms with E-state index in [2.05, 4.69) is 23.5 Å². The van der Waals surface area contributed by atoms with Crippen LogP contribution in [0.3, 0.4) is 0 Å². The largest absolute Gasteiger partial charge is 0.508 e. The number of halogens is 1. The van der Waals surface area contributed by atoms with Crippen molar-refractivity contribution in [2.45, 2.75) is 6.04 Å². The highest BCUT2D eigenvalue weighted by Gasteiger charge is 2.22. The molecule has 0 spiro atoms. The second-order valence-corrected chi connectivity index (χ2v) is 8.31. The number of thiazole rings is 1. The molecular formula is C24H17ClN2OS. The summed E-state index contributed by atoms with van der Waals surface area (Å²) >= 11 is 7.69. The van der Waals surface area contributed by atoms with Gasteiger partial charge in [-0.3, -0.25) is 0 Å². The van der Waals surface area contributed by atoms with Crippen LogP contribution in [0.4, 0.5) is 5.13 Å². The van der Waals surface area contributed by atoms with Crippen LogP contribution in [0.2, 0.25) is 5.02 Å². The number of fused-ring (bicyclic) bond motifs is 2. The van der Waals surface area contributed by atoms with Crippen molar-refractivity contribution in [1.29, 1.82) is 0 Å². The summed E-state index contributed by atoms with van der Waals surface area (Å²) in [5.74, 6) is 0.259. The third-order valence-corrected chi connectivity index (χ3v) is 6.17. The lowest BCUT2D eigenvalue weighted by molar-refractivity contribution is 0.468. The Balaban J connectivity index is 1.67. The van der Waals surface area contributed by atoms with E-state index in [9.17, 15) is 5.11 Å². The summed E-state index contributed by atoms with van der Waals surface area (Å²) in [4.78, 5) is 4.72. The van der Waals surface area contributed by atoms with Crippen molar-refractivity contribution in [3.05, 3.63) is 101 Å². The van der Waals surface area contributed by atoms with Crippen LogP contribution in [0.5, 0.6) is 5.75 Å². The summed E-state index contributed by atoms with van der Waals surface area (Å²) in [6.07, 6.45) is 0. The van der Waals surface area contributed by atoms with E-state index in [4.69, 9.17) is 16.6 Å². The maximum atomic E-state index is 10.8. The van der Waals surface area contributed by atoms with Crippen LogP contribution < -0.4 is 5.32 Å². The number of nitrogens with zero attached hydrogens (tertiary/aromatic N) is 1. The summed E-state index contributed by atoms with van der Waals surface area (Å²) in [5.41, 5.74) is 2.79. The van der Waals surface area contributed by atoms with Gasteiger partial charge in [-0.25, -0.2) is 4.98 Å². The summed E-state index contributed by atoms with van der Waals surface area (Å²) < 4.78 is 1.02. The van der Waals surface area contributed by atoms with Crippen molar-refractivity contribution in [3.63, 3.8) is 0 Å². The molecule has 29 heavy (non-hydrogen) atoms. The van der Waals surface area contributed by atoms with Gasteiger partial charge in [0.15, 0.2) is 5.13 Å². The Morgan fingerprint density at radius 2 is 1.69 bits per heavy atom. The molecular weight excluding hydrogens is 400 g/mol. The van der Waals surface area contributed by atoms with Gasteiger partial charge in [-0.15, -0.1) is 0 Å². The second-order valence-electron chi connectivity index (χ2n) is 6.84. The molecule has 142 valence electrons. The summed E-state index contributed by atoms with van der Waals surface area (Å²) in [6.45, 7) is 0. The Bertz CT molecular complexity index is 1320. The van der Waals surface area contributed by atoms with E-state index in [0.717, 1.165) is 37.2 Å². The number of benzene rings is 4. The van der Waals surface area contributed by atoms with Crippen LogP contribution >= 0.6 is 22.9 Å². The van der Waals surface area contributed by atoms with Crippen LogP contribution in [-0.4, -0.2) is 10.1 Å². The lowest BCUT2D eigenvalue weighted by Gasteiger charge is -2.22. The zero-order chi connectivity index (χ0) is 19.8. The first-order valence-electron chi connectivity index (χ1n) is 9.27. The third kappa shape index (κ3) is 3.41. The zero-order valence-corrected chi connectivity index (χ0v) is 16.9. The molecule has 0 aliphatic carbocycles. The predicted octanol–water partition coefficient (Wildman–Crippen LogP) is 7.01. The van der Waals surface area contributed by atoms with Crippen LogP contribution in [0, 0.1) is 0 Å². The topological polar surface area (TPSA) is 45.1 Å². The fraction of sp³-hybridized carbons (Fsp3) is 0.0417. The van der Waals surface area contributed by atoms with Crippen molar-refractivity contribution in [1.82, 2.24) is 4.98 Å². The molecule has 0 bridgehead atoms. The number of rotatable bonds is 4. The molecule has 1 heterocycles. The fourth-order valence-corrected chi connectivity index (χ4v) is 4.81. The molecule has 5 rings (SSSR count). The molecule has 0 radical (unpaired) electrons. The maximum Gasteiger partial charge on any atom is 0.184 e. The van der Waals surface area contributed by atoms with Crippen LogP contribution in [0.15, 0.2) is 84.9 Å². The van der Waals surface area contributed by atoms with E-state index in [0.29, 0.717) is 5.02 Å². The number of hydrogen-bond donors (Lipinski definition) is 2. The Morgan fingerprint density at radius 1 is 0.897 bits per heavy atom. The van der Waals surface area contributed by atoms with Crippen molar-refractivity contribution in [2.24, 2.45) is 0 Å². The molecule has 1 unspecified atom stereocenters. The first-order valence-corrected chi connectivity index (χ1v) is 10.5. The number of hydrogen-bond acceptors (Lipinski definition) is 4. The van der Waals surface area contributed by atoms with E-state index in [1.54, 1.807) is 17.4 Å². The highest BCUT2D eigenvalue weighted by Crippen LogP contribution is 2.39. The highest BCUT2D eigenvalue weighted by molar-refractivity contribution is 7.22. The third-order valence-electron chi connectivity index (χ3n) is 4.99. The minimum atomic E-state index is -0.252. The van der Waals surface area contributed by atoms with E-state index in [1.165, 1.54) is 0 Å². The molecule has 3 nitrogen and oxygen atoms in total. The highest BCUT2D eigenvalue weighted by atomic mass is 35.5. The molecule has 2 N–H and O–H groups in total. The van der Waals surface area contributed by atoms with E-state index in [1.807, 2.05) is 60.7 Å². The van der Waals surface area contributed by atoms with Gasteiger partial charge in [-0.1, -0.05) is 83.6 Å². The monoisotopic (exact) mass is 416 g/mol. The van der Waals surface area contributed by atoms with E-state index in [-0.39, 0.29) is 11.8 Å². The Hall–Kier alpha value is -3.08. The van der Waals surface area contributed by atoms with E-state index < -0.39 is 0 Å². The fourth-order valence-electron chi connectivity index (χ4n) is 3.64. The minimum absolute atomic E-state index is 0.252. The van der Waals surface area contributed by atoms with Gasteiger partial charge in [0.2, 0.25) is 0 Å². The normalized spacial score (nSPS) is 12.3. The number of aromatic nitrogens is 1. The predicted molar refractivity (Wildman–Crippen MR) is 122 cm³/mol. The number of aromatic hydroxyl groups is 1. The molecule has 5 aromatic rings. The lowest BCUT2D eigenvalue weighted by Crippen LogP contribution is -2.13. The van der Waals surface area contributed by atoms with Crippen molar-refractivity contribution in [3.8, 4) is 5.75 Å². The van der Waals surface area contributed by atoms with Crippen LogP contribution in [-0.2, 0) is 0 Å². The molecule has 1 atom stereocenters. The zero-order valence-electron chi connectivity index (χ0n) is 15.3. The van der Waals surface area contributed by atoms with Gasteiger partial charge in [0.05, 0.1) is 16.3 Å². The molecule has 0 aliphatic heterocycles. The van der Waals surface area contributed by atoms with Crippen molar-refractivity contribution < 1.29 is 5.11 Å². The van der Waals surface area contributed by atoms with Gasteiger partial charge >= 0.3 is 0 Å². The molecule has 0 aliphatic rings. The van der Waals surface area contributed by atoms with Gasteiger partial charge in [0, 0.05) is 10.6 Å². The molecule has 1 aromatic heterocycles. The second kappa shape index (κ2) is 7.39. The average molecular weight is 417 g/mol. The number of phenolic OH excluding ortho intramolecular Hbond substituents is 1. The number of phenols is 1. The van der Waals surface area contributed by atoms with Crippen LogP contribution in [0.1, 0.15) is 17.2 Å². The quantitative estimate of drug-likeness (QED) is 0.331. The van der Waals surface area contributed by atoms with Crippen molar-refractivity contribution >= 4 is 49.1 Å². The van der Waals surface area contributed by atoms with Crippen molar-refractivity contribution in [2.75, 3.05) is 5.32 Å². The first kappa shape index (κ1) is 18.0. The lowest BCUT2D eigenvalue weighted by atomic mass is 9.93. The van der Waals surface area contributed by atoms with Gasteiger partial charge < -0.3 is 10.4 Å². The van der Waals surface area contributed by atoms with Gasteiger partial charge in [0.1, 0.15) is 5.75 Å². The van der Waals surface area contributed by atoms with Crippen LogP contribution in [0.25, 0.3) is 21.0 Å². The van der Waals surface area contributed by atoms with Gasteiger partial charge in [0.25, 0.3) is 0 Å². The molecule has 0 saturated carbocycles. The minimum Gasteiger partial charge on any atom is -0.508 e. The summed E-state index contributed by atoms with van der Waals surface area (Å²) in [6, 6.07) is 27.3. The Kier molecular flexibility index (Phi) is 4.58. The molecule has 4 aromatic carbocycles. The Labute approximate surface area is 177 Å². The molecule has 0 amide bonds. The maximum absolute atomic E-state index is 10.8. The SMILES string of the molecule is Oc1ccc2ccccc2c1C(Nc1nc2ccc(Cl)cc2s1)c1ccccc1. The molecule has 0 saturated heterocycles. The van der Waals surface area contributed by atoms with Gasteiger partial charge in [-0.05, 0) is 40.6 Å². The van der Waals surface area contributed by atoms with E-state index >= 15 is 0 Å². The summed E-state index contributed by atoms with van der Waals surface area (Å²) in [5, 5.41) is 17.9. The smallest absolute Gasteiger partial charge is 0.184 e.